The van der Waals surface area contributed by atoms with Crippen molar-refractivity contribution in [3.05, 3.63) is 116 Å². The Kier molecular flexibility index (Phi) is 7.60. The highest BCUT2D eigenvalue weighted by molar-refractivity contribution is 6.30. The predicted octanol–water partition coefficient (Wildman–Crippen LogP) is 2.22. The molecule has 2 aromatic heterocycles. The fourth-order valence-electron chi connectivity index (χ4n) is 4.07. The molecular formula is C27H21ClN8O4. The molecule has 40 heavy (non-hydrogen) atoms. The summed E-state index contributed by atoms with van der Waals surface area (Å²) in [6.07, 6.45) is 4.44. The van der Waals surface area contributed by atoms with Gasteiger partial charge >= 0.3 is 0 Å². The molecule has 0 bridgehead atoms. The highest BCUT2D eigenvalue weighted by atomic mass is 35.5. The first-order chi connectivity index (χ1) is 19.4. The van der Waals surface area contributed by atoms with Crippen molar-refractivity contribution in [3.63, 3.8) is 0 Å². The molecule has 5 aromatic rings. The van der Waals surface area contributed by atoms with E-state index >= 15 is 0 Å². The molecular weight excluding hydrogens is 536 g/mol. The van der Waals surface area contributed by atoms with E-state index in [1.165, 1.54) is 35.3 Å². The van der Waals surface area contributed by atoms with Crippen molar-refractivity contribution in [2.45, 2.75) is 12.5 Å². The number of anilines is 1. The molecule has 13 heteroatoms. The summed E-state index contributed by atoms with van der Waals surface area (Å²) in [6.45, 7) is 0. The number of hydrogen-bond acceptors (Lipinski definition) is 7. The zero-order valence-corrected chi connectivity index (χ0v) is 21.4. The van der Waals surface area contributed by atoms with Crippen LogP contribution in [0.5, 0.6) is 0 Å². The minimum absolute atomic E-state index is 0.119. The summed E-state index contributed by atoms with van der Waals surface area (Å²) in [4.78, 5) is 50.5. The molecule has 0 fully saturated rings. The second kappa shape index (κ2) is 11.6. The van der Waals surface area contributed by atoms with Gasteiger partial charge in [0.15, 0.2) is 0 Å². The Labute approximate surface area is 230 Å². The summed E-state index contributed by atoms with van der Waals surface area (Å²) in [5.41, 5.74) is 1.33. The van der Waals surface area contributed by atoms with Crippen molar-refractivity contribution in [1.29, 1.82) is 0 Å². The fourth-order valence-corrected chi connectivity index (χ4v) is 4.25. The average molecular weight is 557 g/mol. The number of halogens is 1. The third-order valence-corrected chi connectivity index (χ3v) is 6.22. The van der Waals surface area contributed by atoms with E-state index in [9.17, 15) is 19.2 Å². The maximum absolute atomic E-state index is 13.3. The van der Waals surface area contributed by atoms with Crippen LogP contribution in [0.3, 0.4) is 0 Å². The van der Waals surface area contributed by atoms with E-state index in [-0.39, 0.29) is 17.2 Å². The number of amides is 2. The summed E-state index contributed by atoms with van der Waals surface area (Å²) >= 11 is 6.15. The first kappa shape index (κ1) is 26.3. The zero-order chi connectivity index (χ0) is 28.1. The smallest absolute Gasteiger partial charge is 0.270 e. The van der Waals surface area contributed by atoms with Crippen LogP contribution in [0.2, 0.25) is 5.02 Å². The van der Waals surface area contributed by atoms with Crippen LogP contribution in [0.15, 0.2) is 88.7 Å². The first-order valence-corrected chi connectivity index (χ1v) is 12.4. The summed E-state index contributed by atoms with van der Waals surface area (Å²) in [7, 11) is 0. The molecule has 12 nitrogen and oxygen atoms in total. The lowest BCUT2D eigenvalue weighted by molar-refractivity contribution is -0.123. The number of aromatic nitrogens is 6. The Morgan fingerprint density at radius 1 is 0.975 bits per heavy atom. The van der Waals surface area contributed by atoms with Gasteiger partial charge in [-0.15, -0.1) is 5.10 Å². The lowest BCUT2D eigenvalue weighted by atomic mass is 10.0. The highest BCUT2D eigenvalue weighted by Gasteiger charge is 2.21. The van der Waals surface area contributed by atoms with Gasteiger partial charge < -0.3 is 10.6 Å². The largest absolute Gasteiger partial charge is 0.340 e. The maximum atomic E-state index is 13.3. The third kappa shape index (κ3) is 6.03. The number of aromatic amines is 2. The highest BCUT2D eigenvalue weighted by Crippen LogP contribution is 2.20. The molecule has 4 N–H and O–H groups in total. The van der Waals surface area contributed by atoms with Gasteiger partial charge in [-0.1, -0.05) is 41.9 Å². The van der Waals surface area contributed by atoms with Gasteiger partial charge in [0, 0.05) is 28.8 Å². The minimum Gasteiger partial charge on any atom is -0.340 e. The van der Waals surface area contributed by atoms with E-state index in [1.54, 1.807) is 24.3 Å². The van der Waals surface area contributed by atoms with E-state index in [1.807, 2.05) is 30.3 Å². The SMILES string of the molecule is O=C(/C=C/c1cc(Cl)ccc1-n1cnnn1)N[C@@H](Cc1ccccc1)C(=O)Nc1ccc2c(=O)[nH][nH]c(=O)c2c1. The van der Waals surface area contributed by atoms with Gasteiger partial charge in [0.1, 0.15) is 12.4 Å². The van der Waals surface area contributed by atoms with Gasteiger partial charge in [-0.3, -0.25) is 29.4 Å². The van der Waals surface area contributed by atoms with Crippen LogP contribution < -0.4 is 21.8 Å². The van der Waals surface area contributed by atoms with E-state index < -0.39 is 29.0 Å². The van der Waals surface area contributed by atoms with Gasteiger partial charge in [-0.2, -0.15) is 4.68 Å². The number of tetrazole rings is 1. The molecule has 3 aromatic carbocycles. The van der Waals surface area contributed by atoms with Crippen molar-refractivity contribution in [2.24, 2.45) is 0 Å². The van der Waals surface area contributed by atoms with Crippen molar-refractivity contribution in [1.82, 2.24) is 35.7 Å². The Balaban J connectivity index is 1.38. The summed E-state index contributed by atoms with van der Waals surface area (Å²) in [6, 6.07) is 17.6. The van der Waals surface area contributed by atoms with Crippen LogP contribution in [0.4, 0.5) is 5.69 Å². The molecule has 0 spiro atoms. The number of benzene rings is 3. The van der Waals surface area contributed by atoms with E-state index in [2.05, 4.69) is 36.4 Å². The Morgan fingerprint density at radius 2 is 1.75 bits per heavy atom. The van der Waals surface area contributed by atoms with Crippen LogP contribution in [0.1, 0.15) is 11.1 Å². The Bertz CT molecular complexity index is 1830. The van der Waals surface area contributed by atoms with Gasteiger partial charge in [-0.05, 0) is 58.5 Å². The number of carbonyl (C=O) groups excluding carboxylic acids is 2. The van der Waals surface area contributed by atoms with Crippen LogP contribution in [0.25, 0.3) is 22.5 Å². The third-order valence-electron chi connectivity index (χ3n) is 5.98. The normalized spacial score (nSPS) is 11.9. The molecule has 0 unspecified atom stereocenters. The molecule has 2 heterocycles. The van der Waals surface area contributed by atoms with Gasteiger partial charge in [0.05, 0.1) is 16.5 Å². The fraction of sp³-hybridized carbons (Fsp3) is 0.0741. The second-order valence-corrected chi connectivity index (χ2v) is 9.14. The van der Waals surface area contributed by atoms with E-state index in [0.29, 0.717) is 22.0 Å². The van der Waals surface area contributed by atoms with Gasteiger partial charge in [0.2, 0.25) is 11.8 Å². The van der Waals surface area contributed by atoms with Crippen molar-refractivity contribution < 1.29 is 9.59 Å². The Hall–Kier alpha value is -5.36. The molecule has 0 radical (unpaired) electrons. The molecule has 5 rings (SSSR count). The topological polar surface area (TPSA) is 168 Å². The lowest BCUT2D eigenvalue weighted by Gasteiger charge is -2.18. The number of H-pyrrole nitrogens is 2. The van der Waals surface area contributed by atoms with Crippen LogP contribution >= 0.6 is 11.6 Å². The van der Waals surface area contributed by atoms with Crippen molar-refractivity contribution in [3.8, 4) is 5.69 Å². The van der Waals surface area contributed by atoms with E-state index in [4.69, 9.17) is 11.6 Å². The summed E-state index contributed by atoms with van der Waals surface area (Å²) in [5.74, 6) is -1.04. The molecule has 0 aliphatic carbocycles. The zero-order valence-electron chi connectivity index (χ0n) is 20.7. The summed E-state index contributed by atoms with van der Waals surface area (Å²) < 4.78 is 1.43. The standard InChI is InChI=1S/C27H21ClN8O4/c28-18-7-10-23(36-15-29-34-35-36)17(13-18)6-11-24(37)31-22(12-16-4-2-1-3-5-16)27(40)30-19-8-9-20-21(14-19)26(39)33-32-25(20)38/h1-11,13-15,22H,12H2,(H,30,40)(H,31,37)(H,32,38)(H,33,39)/b11-6+/t22-/m0/s1. The van der Waals surface area contributed by atoms with Crippen LogP contribution in [-0.4, -0.2) is 48.3 Å². The molecule has 200 valence electrons. The quantitative estimate of drug-likeness (QED) is 0.212. The molecule has 0 aliphatic heterocycles. The average Bonchev–Trinajstić information content (AvgIpc) is 3.49. The van der Waals surface area contributed by atoms with E-state index in [0.717, 1.165) is 5.56 Å². The van der Waals surface area contributed by atoms with Gasteiger partial charge in [0.25, 0.3) is 11.1 Å². The van der Waals surface area contributed by atoms with Crippen molar-refractivity contribution >= 4 is 46.0 Å². The molecule has 2 amide bonds. The number of nitrogens with zero attached hydrogens (tertiary/aromatic N) is 4. The first-order valence-electron chi connectivity index (χ1n) is 12.0. The minimum atomic E-state index is -0.967. The summed E-state index contributed by atoms with van der Waals surface area (Å²) in [5, 5.41) is 21.9. The molecule has 1 atom stereocenters. The number of hydrogen-bond donors (Lipinski definition) is 4. The predicted molar refractivity (Wildman–Crippen MR) is 149 cm³/mol. The van der Waals surface area contributed by atoms with Crippen LogP contribution in [0, 0.1) is 0 Å². The number of fused-ring (bicyclic) bond motifs is 1. The lowest BCUT2D eigenvalue weighted by Crippen LogP contribution is -2.44. The molecule has 0 aliphatic rings. The van der Waals surface area contributed by atoms with Crippen molar-refractivity contribution in [2.75, 3.05) is 5.32 Å². The number of nitrogens with one attached hydrogen (secondary N) is 4. The molecule has 0 saturated heterocycles. The van der Waals surface area contributed by atoms with Crippen LogP contribution in [-0.2, 0) is 16.0 Å². The monoisotopic (exact) mass is 556 g/mol. The van der Waals surface area contributed by atoms with Gasteiger partial charge in [-0.25, -0.2) is 0 Å². The maximum Gasteiger partial charge on any atom is 0.270 e. The number of rotatable bonds is 8. The number of carbonyl (C=O) groups is 2. The second-order valence-electron chi connectivity index (χ2n) is 8.70. The Morgan fingerprint density at radius 3 is 2.50 bits per heavy atom. The molecule has 0 saturated carbocycles.